The second-order valence-electron chi connectivity index (χ2n) is 14.1. The lowest BCUT2D eigenvalue weighted by atomic mass is 10.0. The monoisotopic (exact) mass is 770 g/mol. The number of quaternary nitrogens is 2. The van der Waals surface area contributed by atoms with Crippen molar-refractivity contribution in [2.45, 2.75) is 110 Å². The fourth-order valence-electron chi connectivity index (χ4n) is 5.03. The Morgan fingerprint density at radius 3 is 1.80 bits per heavy atom. The number of rotatable bonds is 29. The molecule has 0 aliphatic rings. The van der Waals surface area contributed by atoms with Crippen molar-refractivity contribution in [3.8, 4) is 0 Å². The van der Waals surface area contributed by atoms with Crippen molar-refractivity contribution in [3.63, 3.8) is 0 Å². The topological polar surface area (TPSA) is 157 Å². The largest absolute Gasteiger partial charge is 1.00 e. The van der Waals surface area contributed by atoms with E-state index in [-0.39, 0.29) is 80.8 Å². The highest BCUT2D eigenvalue weighted by Crippen LogP contribution is 2.16. The van der Waals surface area contributed by atoms with E-state index in [0.717, 1.165) is 57.8 Å². The Bertz CT molecular complexity index is 1010. The van der Waals surface area contributed by atoms with Crippen molar-refractivity contribution in [2.24, 2.45) is 0 Å². The maximum atomic E-state index is 12.7. The quantitative estimate of drug-likeness (QED) is 0.0238. The van der Waals surface area contributed by atoms with Crippen LogP contribution in [0.2, 0.25) is 0 Å². The van der Waals surface area contributed by atoms with E-state index in [1.807, 2.05) is 34.3 Å². The zero-order valence-corrected chi connectivity index (χ0v) is 33.8. The molecular formula is C36H68Cl2N4O9. The standard InChI is InChI=1S/C36H66N4O9.2ClH/c1-8-9-16-20-33(49-36(46)29-40(6,7)25-27-48-31(3)42)32(43)19-17-14-12-10-11-13-15-18-21-34(44)37-22-23-38-35(45)28-39(4,5)24-26-47-30(2)41;;/h14,17,32-33,43H,8-13,15-16,18-29H2,1-7H3;2*1H/b17-14+;;. The second-order valence-corrected chi connectivity index (χ2v) is 14.1. The van der Waals surface area contributed by atoms with Crippen LogP contribution in [-0.2, 0) is 38.2 Å². The molecule has 3 N–H and O–H groups in total. The van der Waals surface area contributed by atoms with Crippen LogP contribution in [-0.4, -0.2) is 137 Å². The Labute approximate surface area is 319 Å². The van der Waals surface area contributed by atoms with Crippen molar-refractivity contribution >= 4 is 29.7 Å². The van der Waals surface area contributed by atoms with Gasteiger partial charge in [-0.2, -0.15) is 0 Å². The summed E-state index contributed by atoms with van der Waals surface area (Å²) in [6.07, 6.45) is 12.9. The van der Waals surface area contributed by atoms with Gasteiger partial charge in [-0.25, -0.2) is 4.79 Å². The third-order valence-corrected chi connectivity index (χ3v) is 8.03. The Morgan fingerprint density at radius 2 is 1.24 bits per heavy atom. The number of aliphatic hydroxyl groups excluding tert-OH is 1. The summed E-state index contributed by atoms with van der Waals surface area (Å²) in [5.74, 6) is -1.20. The Hall–Kier alpha value is -2.45. The highest BCUT2D eigenvalue weighted by Gasteiger charge is 2.27. The molecule has 0 saturated carbocycles. The van der Waals surface area contributed by atoms with Gasteiger partial charge in [-0.1, -0.05) is 51.2 Å². The maximum absolute atomic E-state index is 12.7. The van der Waals surface area contributed by atoms with E-state index in [9.17, 15) is 29.1 Å². The molecule has 0 aliphatic carbocycles. The Kier molecular flexibility index (Phi) is 32.3. The van der Waals surface area contributed by atoms with Gasteiger partial charge in [-0.3, -0.25) is 19.2 Å². The third kappa shape index (κ3) is 33.2. The number of nitrogens with zero attached hydrogens (tertiary/aromatic N) is 2. The molecule has 0 aromatic heterocycles. The van der Waals surface area contributed by atoms with Crippen LogP contribution >= 0.6 is 0 Å². The van der Waals surface area contributed by atoms with Gasteiger partial charge < -0.3 is 63.7 Å². The number of nitrogens with one attached hydrogen (secondary N) is 2. The number of hydrogen-bond acceptors (Lipinski definition) is 9. The number of likely N-dealkylation sites (N-methyl/N-ethyl adjacent to an activating group) is 2. The number of halogens is 2. The molecule has 0 aromatic rings. The van der Waals surface area contributed by atoms with Gasteiger partial charge >= 0.3 is 17.9 Å². The average molecular weight is 772 g/mol. The van der Waals surface area contributed by atoms with Crippen LogP contribution in [0.4, 0.5) is 0 Å². The molecule has 0 saturated heterocycles. The van der Waals surface area contributed by atoms with Crippen LogP contribution in [0.25, 0.3) is 0 Å². The SMILES string of the molecule is CCCCCC(OC(=O)C[N+](C)(C)CCOC(C)=O)C(O)C/C=C/CCCCCCCC(=O)NCCNC(=O)C[N+](C)(C)CCOC(C)=O.[Cl-].[Cl-]. The molecule has 0 heterocycles. The second kappa shape index (κ2) is 31.1. The lowest BCUT2D eigenvalue weighted by molar-refractivity contribution is -0.883. The smallest absolute Gasteiger partial charge is 0.362 e. The number of aliphatic hydroxyl groups is 1. The first-order valence-corrected chi connectivity index (χ1v) is 18.0. The summed E-state index contributed by atoms with van der Waals surface area (Å²) in [5, 5.41) is 16.5. The van der Waals surface area contributed by atoms with Gasteiger partial charge in [0.1, 0.15) is 32.4 Å². The molecule has 2 amide bonds. The summed E-state index contributed by atoms with van der Waals surface area (Å²) >= 11 is 0. The van der Waals surface area contributed by atoms with E-state index in [4.69, 9.17) is 14.2 Å². The van der Waals surface area contributed by atoms with Gasteiger partial charge in [0.15, 0.2) is 13.1 Å². The molecule has 0 aromatic carbocycles. The summed E-state index contributed by atoms with van der Waals surface area (Å²) in [5.41, 5.74) is 0. The molecule has 0 spiro atoms. The summed E-state index contributed by atoms with van der Waals surface area (Å²) in [6, 6.07) is 0. The molecule has 0 rings (SSSR count). The molecule has 2 unspecified atom stereocenters. The lowest BCUT2D eigenvalue weighted by Crippen LogP contribution is -3.00. The first kappa shape index (κ1) is 52.9. The third-order valence-electron chi connectivity index (χ3n) is 8.03. The van der Waals surface area contributed by atoms with Gasteiger partial charge in [0.25, 0.3) is 5.91 Å². The number of amides is 2. The van der Waals surface area contributed by atoms with Gasteiger partial charge in [0.2, 0.25) is 5.91 Å². The Balaban J connectivity index is -0.0000115. The van der Waals surface area contributed by atoms with E-state index < -0.39 is 12.2 Å². The van der Waals surface area contributed by atoms with Crippen molar-refractivity contribution < 1.29 is 77.1 Å². The first-order valence-electron chi connectivity index (χ1n) is 18.0. The van der Waals surface area contributed by atoms with Crippen LogP contribution in [0.5, 0.6) is 0 Å². The molecule has 300 valence electrons. The van der Waals surface area contributed by atoms with E-state index in [2.05, 4.69) is 23.6 Å². The van der Waals surface area contributed by atoms with Crippen LogP contribution in [0, 0.1) is 0 Å². The summed E-state index contributed by atoms with van der Waals surface area (Å²) < 4.78 is 16.4. The van der Waals surface area contributed by atoms with E-state index in [0.29, 0.717) is 54.4 Å². The van der Waals surface area contributed by atoms with Crippen molar-refractivity contribution in [1.29, 1.82) is 0 Å². The molecule has 0 fully saturated rings. The minimum Gasteiger partial charge on any atom is -1.00 e. The predicted molar refractivity (Wildman–Crippen MR) is 189 cm³/mol. The fraction of sp³-hybridized carbons (Fsp3) is 0.806. The molecule has 51 heavy (non-hydrogen) atoms. The average Bonchev–Trinajstić information content (AvgIpc) is 2.98. The van der Waals surface area contributed by atoms with Gasteiger partial charge in [0.05, 0.1) is 34.3 Å². The lowest BCUT2D eigenvalue weighted by Gasteiger charge is -2.30. The molecule has 0 bridgehead atoms. The number of unbranched alkanes of at least 4 members (excludes halogenated alkanes) is 7. The maximum Gasteiger partial charge on any atom is 0.362 e. The molecule has 0 radical (unpaired) electrons. The van der Waals surface area contributed by atoms with E-state index in [1.165, 1.54) is 13.8 Å². The van der Waals surface area contributed by atoms with E-state index in [1.54, 1.807) is 0 Å². The zero-order valence-electron chi connectivity index (χ0n) is 32.3. The molecular weight excluding hydrogens is 703 g/mol. The predicted octanol–water partition coefficient (Wildman–Crippen LogP) is -2.96. The van der Waals surface area contributed by atoms with Crippen molar-refractivity contribution in [3.05, 3.63) is 12.2 Å². The van der Waals surface area contributed by atoms with Crippen LogP contribution in [0.15, 0.2) is 12.2 Å². The number of carbonyl (C=O) groups excluding carboxylic acids is 5. The van der Waals surface area contributed by atoms with E-state index >= 15 is 0 Å². The zero-order chi connectivity index (χ0) is 37.1. The highest BCUT2D eigenvalue weighted by atomic mass is 35.5. The summed E-state index contributed by atoms with van der Waals surface area (Å²) in [7, 11) is 7.54. The normalized spacial score (nSPS) is 12.5. The Morgan fingerprint density at radius 1 is 0.706 bits per heavy atom. The number of allylic oxidation sites excluding steroid dienone is 1. The summed E-state index contributed by atoms with van der Waals surface area (Å²) in [6.45, 7) is 7.45. The van der Waals surface area contributed by atoms with Crippen LogP contribution < -0.4 is 35.4 Å². The number of ether oxygens (including phenoxy) is 3. The minimum absolute atomic E-state index is 0. The highest BCUT2D eigenvalue weighted by molar-refractivity contribution is 5.77. The summed E-state index contributed by atoms with van der Waals surface area (Å²) in [4.78, 5) is 58.9. The van der Waals surface area contributed by atoms with Crippen molar-refractivity contribution in [2.75, 3.05) is 80.7 Å². The number of hydrogen-bond donors (Lipinski definition) is 3. The minimum atomic E-state index is -0.771. The molecule has 13 nitrogen and oxygen atoms in total. The van der Waals surface area contributed by atoms with Crippen LogP contribution in [0.1, 0.15) is 97.8 Å². The molecule has 15 heteroatoms. The number of esters is 3. The van der Waals surface area contributed by atoms with Crippen LogP contribution in [0.3, 0.4) is 0 Å². The first-order chi connectivity index (χ1) is 23.1. The fourth-order valence-corrected chi connectivity index (χ4v) is 5.03. The van der Waals surface area contributed by atoms with Gasteiger partial charge in [-0.15, -0.1) is 0 Å². The molecule has 0 aliphatic heterocycles. The van der Waals surface area contributed by atoms with Crippen molar-refractivity contribution in [1.82, 2.24) is 10.6 Å². The van der Waals surface area contributed by atoms with Gasteiger partial charge in [0, 0.05) is 33.4 Å². The number of carbonyl (C=O) groups is 5. The van der Waals surface area contributed by atoms with Gasteiger partial charge in [-0.05, 0) is 38.5 Å². The molecule has 2 atom stereocenters.